The van der Waals surface area contributed by atoms with Gasteiger partial charge in [-0.25, -0.2) is 12.8 Å². The van der Waals surface area contributed by atoms with Gasteiger partial charge in [-0.2, -0.15) is 0 Å². The summed E-state index contributed by atoms with van der Waals surface area (Å²) in [5.41, 5.74) is 2.53. The smallest absolute Gasteiger partial charge is 0.261 e. The fourth-order valence-electron chi connectivity index (χ4n) is 2.75. The van der Waals surface area contributed by atoms with Crippen molar-refractivity contribution in [3.05, 3.63) is 95.3 Å². The number of anilines is 1. The predicted octanol–water partition coefficient (Wildman–Crippen LogP) is 4.43. The van der Waals surface area contributed by atoms with E-state index in [4.69, 9.17) is 0 Å². The van der Waals surface area contributed by atoms with Crippen LogP contribution in [0.5, 0.6) is 0 Å². The van der Waals surface area contributed by atoms with Crippen molar-refractivity contribution in [3.8, 4) is 0 Å². The molecule has 0 bridgehead atoms. The van der Waals surface area contributed by atoms with Crippen molar-refractivity contribution < 1.29 is 17.6 Å². The van der Waals surface area contributed by atoms with Crippen LogP contribution in [0.15, 0.2) is 77.7 Å². The summed E-state index contributed by atoms with van der Waals surface area (Å²) in [4.78, 5) is 12.5. The van der Waals surface area contributed by atoms with Gasteiger partial charge in [0.05, 0.1) is 10.9 Å². The maximum absolute atomic E-state index is 13.0. The van der Waals surface area contributed by atoms with E-state index in [1.807, 2.05) is 38.1 Å². The number of carbonyl (C=O) groups excluding carboxylic acids is 1. The molecule has 1 amide bonds. The second-order valence-corrected chi connectivity index (χ2v) is 8.43. The number of amides is 1. The van der Waals surface area contributed by atoms with Crippen LogP contribution < -0.4 is 10.0 Å². The van der Waals surface area contributed by atoms with Gasteiger partial charge in [-0.3, -0.25) is 9.52 Å². The maximum Gasteiger partial charge on any atom is 0.261 e. The Morgan fingerprint density at radius 1 is 0.966 bits per heavy atom. The van der Waals surface area contributed by atoms with Crippen LogP contribution >= 0.6 is 0 Å². The summed E-state index contributed by atoms with van der Waals surface area (Å²) in [5.74, 6) is -0.841. The van der Waals surface area contributed by atoms with E-state index in [1.165, 1.54) is 30.3 Å². The van der Waals surface area contributed by atoms with Gasteiger partial charge >= 0.3 is 0 Å². The number of rotatable bonds is 6. The zero-order valence-electron chi connectivity index (χ0n) is 16.0. The minimum atomic E-state index is -3.92. The molecule has 0 aliphatic heterocycles. The van der Waals surface area contributed by atoms with Crippen LogP contribution in [0.25, 0.3) is 0 Å². The molecule has 5 nitrogen and oxygen atoms in total. The van der Waals surface area contributed by atoms with E-state index >= 15 is 0 Å². The Balaban J connectivity index is 1.76. The normalized spacial score (nSPS) is 12.2. The monoisotopic (exact) mass is 412 g/mol. The van der Waals surface area contributed by atoms with Gasteiger partial charge in [-0.1, -0.05) is 35.9 Å². The third-order valence-corrected chi connectivity index (χ3v) is 5.81. The Morgan fingerprint density at radius 3 is 2.28 bits per heavy atom. The van der Waals surface area contributed by atoms with Gasteiger partial charge in [0, 0.05) is 11.3 Å². The fraction of sp³-hybridized carbons (Fsp3) is 0.136. The summed E-state index contributed by atoms with van der Waals surface area (Å²) < 4.78 is 40.6. The molecule has 3 rings (SSSR count). The van der Waals surface area contributed by atoms with Gasteiger partial charge in [-0.15, -0.1) is 0 Å². The molecule has 0 spiro atoms. The second-order valence-electron chi connectivity index (χ2n) is 6.75. The Bertz CT molecular complexity index is 1110. The summed E-state index contributed by atoms with van der Waals surface area (Å²) in [6, 6.07) is 18.3. The van der Waals surface area contributed by atoms with E-state index in [0.29, 0.717) is 0 Å². The van der Waals surface area contributed by atoms with Crippen LogP contribution in [0.4, 0.5) is 10.1 Å². The van der Waals surface area contributed by atoms with Crippen molar-refractivity contribution in [2.24, 2.45) is 0 Å². The lowest BCUT2D eigenvalue weighted by Gasteiger charge is -2.15. The van der Waals surface area contributed by atoms with Gasteiger partial charge in [0.25, 0.3) is 15.9 Å². The number of nitrogens with one attached hydrogen (secondary N) is 2. The van der Waals surface area contributed by atoms with Gasteiger partial charge in [0.2, 0.25) is 0 Å². The molecular weight excluding hydrogens is 391 g/mol. The standard InChI is InChI=1S/C22H21FN2O3S/c1-15-6-8-17(9-7-15)16(2)24-22(26)18-4-3-5-21(14-18)29(27,28)25-20-12-10-19(23)11-13-20/h3-14,16,25H,1-2H3,(H,24,26). The van der Waals surface area contributed by atoms with Crippen molar-refractivity contribution in [1.29, 1.82) is 0 Å². The second kappa shape index (κ2) is 8.45. The molecule has 1 unspecified atom stereocenters. The molecule has 7 heteroatoms. The first kappa shape index (κ1) is 20.5. The van der Waals surface area contributed by atoms with E-state index in [1.54, 1.807) is 6.07 Å². The highest BCUT2D eigenvalue weighted by molar-refractivity contribution is 7.92. The van der Waals surface area contributed by atoms with Crippen molar-refractivity contribution in [2.75, 3.05) is 4.72 Å². The predicted molar refractivity (Wildman–Crippen MR) is 111 cm³/mol. The van der Waals surface area contributed by atoms with Crippen LogP contribution in [0.1, 0.15) is 34.5 Å². The number of hydrogen-bond acceptors (Lipinski definition) is 3. The molecule has 29 heavy (non-hydrogen) atoms. The average Bonchev–Trinajstić information content (AvgIpc) is 2.70. The first-order chi connectivity index (χ1) is 13.7. The summed E-state index contributed by atoms with van der Waals surface area (Å²) in [5, 5.41) is 2.87. The highest BCUT2D eigenvalue weighted by atomic mass is 32.2. The number of halogens is 1. The molecule has 0 aliphatic rings. The van der Waals surface area contributed by atoms with Crippen LogP contribution in [0, 0.1) is 12.7 Å². The molecule has 3 aromatic carbocycles. The topological polar surface area (TPSA) is 75.3 Å². The Kier molecular flexibility index (Phi) is 5.98. The average molecular weight is 412 g/mol. The highest BCUT2D eigenvalue weighted by Gasteiger charge is 2.18. The molecule has 0 saturated carbocycles. The lowest BCUT2D eigenvalue weighted by molar-refractivity contribution is 0.0939. The van der Waals surface area contributed by atoms with Crippen molar-refractivity contribution in [1.82, 2.24) is 5.32 Å². The number of aryl methyl sites for hydroxylation is 1. The lowest BCUT2D eigenvalue weighted by atomic mass is 10.1. The Hall–Kier alpha value is -3.19. The first-order valence-corrected chi connectivity index (χ1v) is 10.5. The molecule has 0 aromatic heterocycles. The van der Waals surface area contributed by atoms with E-state index in [2.05, 4.69) is 10.0 Å². The summed E-state index contributed by atoms with van der Waals surface area (Å²) in [7, 11) is -3.92. The Morgan fingerprint density at radius 2 is 1.62 bits per heavy atom. The third kappa shape index (κ3) is 5.20. The molecule has 0 heterocycles. The molecule has 0 aliphatic carbocycles. The fourth-order valence-corrected chi connectivity index (χ4v) is 3.86. The van der Waals surface area contributed by atoms with Gasteiger partial charge < -0.3 is 5.32 Å². The highest BCUT2D eigenvalue weighted by Crippen LogP contribution is 2.19. The number of hydrogen-bond donors (Lipinski definition) is 2. The van der Waals surface area contributed by atoms with E-state index < -0.39 is 15.8 Å². The largest absolute Gasteiger partial charge is 0.346 e. The number of benzene rings is 3. The summed E-state index contributed by atoms with van der Waals surface area (Å²) >= 11 is 0. The molecule has 2 N–H and O–H groups in total. The van der Waals surface area contributed by atoms with E-state index in [0.717, 1.165) is 23.3 Å². The minimum absolute atomic E-state index is 0.0579. The van der Waals surface area contributed by atoms with Crippen LogP contribution in [0.2, 0.25) is 0 Å². The number of sulfonamides is 1. The third-order valence-electron chi connectivity index (χ3n) is 4.43. The molecular formula is C22H21FN2O3S. The molecule has 150 valence electrons. The zero-order chi connectivity index (χ0) is 21.0. The van der Waals surface area contributed by atoms with E-state index in [9.17, 15) is 17.6 Å². The molecule has 0 saturated heterocycles. The maximum atomic E-state index is 13.0. The van der Waals surface area contributed by atoms with Gasteiger partial charge in [-0.05, 0) is 61.9 Å². The Labute approximate surface area is 169 Å². The van der Waals surface area contributed by atoms with E-state index in [-0.39, 0.29) is 28.1 Å². The quantitative estimate of drug-likeness (QED) is 0.629. The van der Waals surface area contributed by atoms with Crippen molar-refractivity contribution in [3.63, 3.8) is 0 Å². The molecule has 0 radical (unpaired) electrons. The van der Waals surface area contributed by atoms with Crippen molar-refractivity contribution >= 4 is 21.6 Å². The molecule has 3 aromatic rings. The SMILES string of the molecule is Cc1ccc(C(C)NC(=O)c2cccc(S(=O)(=O)Nc3ccc(F)cc3)c2)cc1. The summed E-state index contributed by atoms with van der Waals surface area (Å²) in [6.07, 6.45) is 0. The number of carbonyl (C=O) groups is 1. The minimum Gasteiger partial charge on any atom is -0.346 e. The van der Waals surface area contributed by atoms with Crippen molar-refractivity contribution in [2.45, 2.75) is 24.8 Å². The molecule has 1 atom stereocenters. The van der Waals surface area contributed by atoms with Crippen LogP contribution in [-0.2, 0) is 10.0 Å². The first-order valence-electron chi connectivity index (χ1n) is 9.00. The summed E-state index contributed by atoms with van der Waals surface area (Å²) in [6.45, 7) is 3.85. The lowest BCUT2D eigenvalue weighted by Crippen LogP contribution is -2.27. The van der Waals surface area contributed by atoms with Gasteiger partial charge in [0.1, 0.15) is 5.82 Å². The van der Waals surface area contributed by atoms with Crippen LogP contribution in [-0.4, -0.2) is 14.3 Å². The zero-order valence-corrected chi connectivity index (χ0v) is 16.8. The van der Waals surface area contributed by atoms with Gasteiger partial charge in [0.15, 0.2) is 0 Å². The van der Waals surface area contributed by atoms with Crippen LogP contribution in [0.3, 0.4) is 0 Å². The molecule has 0 fully saturated rings.